The van der Waals surface area contributed by atoms with Gasteiger partial charge in [0.2, 0.25) is 0 Å². The molecule has 0 bridgehead atoms. The summed E-state index contributed by atoms with van der Waals surface area (Å²) in [5.74, 6) is 0.478. The number of hydrogen-bond donors (Lipinski definition) is 2. The molecule has 1 aromatic carbocycles. The summed E-state index contributed by atoms with van der Waals surface area (Å²) in [6.45, 7) is 8.11. The van der Waals surface area contributed by atoms with Gasteiger partial charge >= 0.3 is 0 Å². The molecular formula is C14H22OS. The number of rotatable bonds is 4. The molecule has 1 nitrogen and oxygen atoms in total. The van der Waals surface area contributed by atoms with Crippen LogP contribution in [0.5, 0.6) is 0 Å². The summed E-state index contributed by atoms with van der Waals surface area (Å²) in [6, 6.07) is 8.49. The topological polar surface area (TPSA) is 20.2 Å². The van der Waals surface area contributed by atoms with Crippen LogP contribution < -0.4 is 0 Å². The molecular weight excluding hydrogens is 216 g/mol. The maximum absolute atomic E-state index is 10.3. The van der Waals surface area contributed by atoms with Gasteiger partial charge in [-0.1, -0.05) is 43.7 Å². The van der Waals surface area contributed by atoms with Gasteiger partial charge in [-0.05, 0) is 31.2 Å². The number of thiol groups is 1. The zero-order chi connectivity index (χ0) is 12.4. The predicted octanol–water partition coefficient (Wildman–Crippen LogP) is 3.24. The van der Waals surface area contributed by atoms with Gasteiger partial charge in [-0.15, -0.1) is 0 Å². The monoisotopic (exact) mass is 238 g/mol. The second-order valence-corrected chi connectivity index (χ2v) is 5.79. The maximum Gasteiger partial charge on any atom is 0.0761 e. The van der Waals surface area contributed by atoms with Crippen LogP contribution >= 0.6 is 12.6 Å². The van der Waals surface area contributed by atoms with Crippen molar-refractivity contribution in [1.82, 2.24) is 0 Å². The second kappa shape index (κ2) is 4.80. The van der Waals surface area contributed by atoms with E-state index in [0.717, 1.165) is 6.42 Å². The van der Waals surface area contributed by atoms with Crippen LogP contribution in [0.2, 0.25) is 0 Å². The fourth-order valence-electron chi connectivity index (χ4n) is 1.62. The lowest BCUT2D eigenvalue weighted by molar-refractivity contribution is -0.0297. The Bertz CT molecular complexity index is 338. The van der Waals surface area contributed by atoms with Crippen molar-refractivity contribution in [2.75, 3.05) is 5.75 Å². The number of aliphatic hydroxyl groups is 1. The molecule has 0 heterocycles. The quantitative estimate of drug-likeness (QED) is 0.772. The Balaban J connectivity index is 2.84. The minimum absolute atomic E-state index is 0.177. The van der Waals surface area contributed by atoms with E-state index in [1.165, 1.54) is 11.1 Å². The Labute approximate surface area is 104 Å². The molecule has 0 amide bonds. The lowest BCUT2D eigenvalue weighted by atomic mass is 9.73. The summed E-state index contributed by atoms with van der Waals surface area (Å²) in [7, 11) is 0. The molecule has 1 atom stereocenters. The van der Waals surface area contributed by atoms with Gasteiger partial charge in [0.1, 0.15) is 0 Å². The van der Waals surface area contributed by atoms with Crippen LogP contribution in [0.1, 0.15) is 31.9 Å². The maximum atomic E-state index is 10.3. The molecule has 1 N–H and O–H groups in total. The Morgan fingerprint density at radius 3 is 2.06 bits per heavy atom. The molecule has 16 heavy (non-hydrogen) atoms. The molecule has 1 unspecified atom stereocenters. The first-order valence-electron chi connectivity index (χ1n) is 5.67. The van der Waals surface area contributed by atoms with Crippen molar-refractivity contribution in [3.05, 3.63) is 35.4 Å². The van der Waals surface area contributed by atoms with Gasteiger partial charge in [-0.25, -0.2) is 0 Å². The van der Waals surface area contributed by atoms with Gasteiger partial charge in [-0.3, -0.25) is 0 Å². The molecule has 0 aliphatic heterocycles. The van der Waals surface area contributed by atoms with Crippen LogP contribution in [0.3, 0.4) is 0 Å². The highest BCUT2D eigenvalue weighted by Crippen LogP contribution is 2.35. The third-order valence-corrected chi connectivity index (χ3v) is 4.15. The number of benzene rings is 1. The fraction of sp³-hybridized carbons (Fsp3) is 0.571. The van der Waals surface area contributed by atoms with E-state index in [4.69, 9.17) is 0 Å². The predicted molar refractivity (Wildman–Crippen MR) is 73.1 cm³/mol. The highest BCUT2D eigenvalue weighted by Gasteiger charge is 2.37. The van der Waals surface area contributed by atoms with Crippen LogP contribution in [0.4, 0.5) is 0 Å². The van der Waals surface area contributed by atoms with Crippen molar-refractivity contribution in [2.45, 2.75) is 39.7 Å². The Morgan fingerprint density at radius 2 is 1.62 bits per heavy atom. The molecule has 0 aliphatic carbocycles. The average Bonchev–Trinajstić information content (AvgIpc) is 2.21. The molecule has 90 valence electrons. The molecule has 2 heteroatoms. The average molecular weight is 238 g/mol. The lowest BCUT2D eigenvalue weighted by Gasteiger charge is -2.39. The summed E-state index contributed by atoms with van der Waals surface area (Å²) in [5.41, 5.74) is 1.60. The van der Waals surface area contributed by atoms with E-state index >= 15 is 0 Å². The van der Waals surface area contributed by atoms with Crippen molar-refractivity contribution in [2.24, 2.45) is 5.41 Å². The molecule has 0 radical (unpaired) electrons. The molecule has 0 saturated heterocycles. The Morgan fingerprint density at radius 1 is 1.12 bits per heavy atom. The van der Waals surface area contributed by atoms with E-state index in [0.29, 0.717) is 5.75 Å². The van der Waals surface area contributed by atoms with Crippen LogP contribution in [-0.4, -0.2) is 16.5 Å². The second-order valence-electron chi connectivity index (χ2n) is 5.48. The van der Waals surface area contributed by atoms with E-state index in [1.807, 2.05) is 6.92 Å². The summed E-state index contributed by atoms with van der Waals surface area (Å²) in [5, 5.41) is 10.3. The third kappa shape index (κ3) is 3.02. The van der Waals surface area contributed by atoms with Gasteiger partial charge in [-0.2, -0.15) is 12.6 Å². The molecule has 0 aliphatic rings. The van der Waals surface area contributed by atoms with Crippen molar-refractivity contribution in [1.29, 1.82) is 0 Å². The van der Waals surface area contributed by atoms with Crippen molar-refractivity contribution in [3.63, 3.8) is 0 Å². The first-order chi connectivity index (χ1) is 7.28. The van der Waals surface area contributed by atoms with Crippen LogP contribution in [0, 0.1) is 12.3 Å². The van der Waals surface area contributed by atoms with Crippen LogP contribution in [0.25, 0.3) is 0 Å². The van der Waals surface area contributed by atoms with Crippen LogP contribution in [0.15, 0.2) is 24.3 Å². The summed E-state index contributed by atoms with van der Waals surface area (Å²) >= 11 is 4.23. The first-order valence-corrected chi connectivity index (χ1v) is 6.30. The van der Waals surface area contributed by atoms with Gasteiger partial charge in [0.05, 0.1) is 5.60 Å². The molecule has 0 saturated carbocycles. The van der Waals surface area contributed by atoms with Gasteiger partial charge < -0.3 is 5.11 Å². The number of hydrogen-bond acceptors (Lipinski definition) is 2. The summed E-state index contributed by atoms with van der Waals surface area (Å²) in [6.07, 6.45) is 0.862. The van der Waals surface area contributed by atoms with Crippen molar-refractivity contribution in [3.8, 4) is 0 Å². The van der Waals surface area contributed by atoms with E-state index in [1.54, 1.807) is 0 Å². The Kier molecular flexibility index (Phi) is 4.08. The first kappa shape index (κ1) is 13.6. The molecule has 1 rings (SSSR count). The fourth-order valence-corrected chi connectivity index (χ4v) is 2.05. The minimum Gasteiger partial charge on any atom is -0.389 e. The lowest BCUT2D eigenvalue weighted by Crippen LogP contribution is -2.45. The molecule has 0 aromatic heterocycles. The molecule has 0 spiro atoms. The van der Waals surface area contributed by atoms with Gasteiger partial charge in [0.25, 0.3) is 0 Å². The summed E-state index contributed by atoms with van der Waals surface area (Å²) < 4.78 is 0. The highest BCUT2D eigenvalue weighted by atomic mass is 32.1. The summed E-state index contributed by atoms with van der Waals surface area (Å²) in [4.78, 5) is 0. The zero-order valence-electron chi connectivity index (χ0n) is 10.6. The normalized spacial score (nSPS) is 15.9. The SMILES string of the molecule is Cc1ccc(CC(C)(C)C(C)(O)CS)cc1. The van der Waals surface area contributed by atoms with E-state index in [2.05, 4.69) is 57.7 Å². The minimum atomic E-state index is -0.749. The zero-order valence-corrected chi connectivity index (χ0v) is 11.5. The smallest absolute Gasteiger partial charge is 0.0761 e. The standard InChI is InChI=1S/C14H22OS/c1-11-5-7-12(8-6-11)9-13(2,3)14(4,15)10-16/h5-8,15-16H,9-10H2,1-4H3. The highest BCUT2D eigenvalue weighted by molar-refractivity contribution is 7.80. The largest absolute Gasteiger partial charge is 0.389 e. The van der Waals surface area contributed by atoms with E-state index in [-0.39, 0.29) is 5.41 Å². The van der Waals surface area contributed by atoms with E-state index < -0.39 is 5.60 Å². The Hall–Kier alpha value is -0.470. The van der Waals surface area contributed by atoms with Gasteiger partial charge in [0, 0.05) is 5.75 Å². The van der Waals surface area contributed by atoms with E-state index in [9.17, 15) is 5.11 Å². The molecule has 0 fully saturated rings. The third-order valence-electron chi connectivity index (χ3n) is 3.53. The van der Waals surface area contributed by atoms with Gasteiger partial charge in [0.15, 0.2) is 0 Å². The number of aryl methyl sites for hydroxylation is 1. The van der Waals surface area contributed by atoms with Crippen molar-refractivity contribution < 1.29 is 5.11 Å². The molecule has 1 aromatic rings. The van der Waals surface area contributed by atoms with Crippen LogP contribution in [-0.2, 0) is 6.42 Å². The van der Waals surface area contributed by atoms with Crippen molar-refractivity contribution >= 4 is 12.6 Å².